The van der Waals surface area contributed by atoms with Crippen molar-refractivity contribution in [3.8, 4) is 0 Å². The van der Waals surface area contributed by atoms with E-state index >= 15 is 0 Å². The van der Waals surface area contributed by atoms with Crippen LogP contribution in [-0.4, -0.2) is 101 Å². The van der Waals surface area contributed by atoms with Gasteiger partial charge in [0.25, 0.3) is 0 Å². The second-order valence-corrected chi connectivity index (χ2v) is 6.06. The quantitative estimate of drug-likeness (QED) is 0.153. The molecule has 15 N–H and O–H groups in total. The largest absolute Gasteiger partial charge is 0.480 e. The van der Waals surface area contributed by atoms with Crippen LogP contribution in [0.3, 0.4) is 0 Å². The van der Waals surface area contributed by atoms with Crippen molar-refractivity contribution in [3.05, 3.63) is 0 Å². The Balaban J connectivity index is -0.000000146. The summed E-state index contributed by atoms with van der Waals surface area (Å²) < 4.78 is 8.88. The van der Waals surface area contributed by atoms with E-state index in [9.17, 15) is 14.4 Å². The Bertz CT molecular complexity index is 469. The van der Waals surface area contributed by atoms with E-state index in [1.54, 1.807) is 0 Å². The first-order valence-electron chi connectivity index (χ1n) is 7.55. The number of phosphoric acid groups is 1. The van der Waals surface area contributed by atoms with Gasteiger partial charge in [0.2, 0.25) is 0 Å². The van der Waals surface area contributed by atoms with Crippen molar-refractivity contribution in [1.82, 2.24) is 0 Å². The summed E-state index contributed by atoms with van der Waals surface area (Å²) >= 11 is 0. The average Bonchev–Trinajstić information content (AvgIpc) is 2.53. The standard InChI is InChI=1S/3C4H9NO3.H3O4P/c1-2(6)3(5)4(7)8;2*5-3(1-2-6)4(7)8;1-5(2,3)4/h2-3,6H,5H2,1H3,(H,7,8);2*3,6H,1-2,5H2,(H,7,8);(H3,1,2,3,4). The normalized spacial score (nSPS) is 14.1. The van der Waals surface area contributed by atoms with E-state index in [1.165, 1.54) is 6.92 Å². The molecule has 0 rings (SSSR count). The number of carboxylic acid groups (broad SMARTS) is 3. The summed E-state index contributed by atoms with van der Waals surface area (Å²) in [5.74, 6) is -3.32. The Morgan fingerprint density at radius 3 is 1.07 bits per heavy atom. The van der Waals surface area contributed by atoms with E-state index in [0.29, 0.717) is 0 Å². The molecule has 0 amide bonds. The van der Waals surface area contributed by atoms with Gasteiger partial charge in [-0.25, -0.2) is 4.57 Å². The summed E-state index contributed by atoms with van der Waals surface area (Å²) in [6, 6.07) is -2.99. The summed E-state index contributed by atoms with van der Waals surface area (Å²) in [5.41, 5.74) is 14.8. The number of hydrogen-bond donors (Lipinski definition) is 12. The first kappa shape index (κ1) is 34.8. The second kappa shape index (κ2) is 19.6. The highest BCUT2D eigenvalue weighted by Gasteiger charge is 2.16. The van der Waals surface area contributed by atoms with Crippen molar-refractivity contribution < 1.29 is 64.3 Å². The molecule has 0 aliphatic heterocycles. The minimum Gasteiger partial charge on any atom is -0.480 e. The Kier molecular flexibility index (Phi) is 23.5. The molecule has 0 aromatic rings. The number of aliphatic hydroxyl groups is 3. The van der Waals surface area contributed by atoms with Gasteiger partial charge in [-0.15, -0.1) is 0 Å². The van der Waals surface area contributed by atoms with Gasteiger partial charge in [0, 0.05) is 13.2 Å². The molecule has 0 bridgehead atoms. The molecule has 4 atom stereocenters. The van der Waals surface area contributed by atoms with Gasteiger partial charge in [-0.2, -0.15) is 0 Å². The molecule has 4 unspecified atom stereocenters. The maximum absolute atomic E-state index is 9.86. The SMILES string of the molecule is CC(O)C(N)C(=O)O.NC(CCO)C(=O)O.NC(CCO)C(=O)O.O=P(O)(O)O. The minimum atomic E-state index is -4.64. The zero-order valence-electron chi connectivity index (χ0n) is 15.5. The molecule has 0 aromatic heterocycles. The molecule has 0 radical (unpaired) electrons. The van der Waals surface area contributed by atoms with Crippen molar-refractivity contribution in [2.45, 2.75) is 44.0 Å². The van der Waals surface area contributed by atoms with E-state index in [4.69, 9.17) is 67.1 Å². The fraction of sp³-hybridized carbons (Fsp3) is 0.750. The number of rotatable bonds is 8. The number of aliphatic hydroxyl groups excluding tert-OH is 3. The molecule has 0 aliphatic rings. The molecule has 0 heterocycles. The van der Waals surface area contributed by atoms with Gasteiger partial charge in [-0.3, -0.25) is 14.4 Å². The number of hydrogen-bond acceptors (Lipinski definition) is 10. The number of carbonyl (C=O) groups is 3. The third kappa shape index (κ3) is 37.7. The van der Waals surface area contributed by atoms with Gasteiger partial charge >= 0.3 is 25.7 Å². The lowest BCUT2D eigenvalue weighted by Gasteiger charge is -2.06. The minimum absolute atomic E-state index is 0.120. The van der Waals surface area contributed by atoms with E-state index in [0.717, 1.165) is 0 Å². The van der Waals surface area contributed by atoms with Crippen LogP contribution in [0.1, 0.15) is 19.8 Å². The molecular formula is C12H30N3O13P. The molecule has 0 aliphatic carbocycles. The fourth-order valence-corrected chi connectivity index (χ4v) is 0.731. The summed E-state index contributed by atoms with van der Waals surface area (Å²) in [6.45, 7) is 0.986. The molecule has 176 valence electrons. The molecule has 17 heteroatoms. The van der Waals surface area contributed by atoms with Gasteiger partial charge in [0.1, 0.15) is 18.1 Å². The van der Waals surface area contributed by atoms with Crippen molar-refractivity contribution in [2.75, 3.05) is 13.2 Å². The monoisotopic (exact) mass is 455 g/mol. The van der Waals surface area contributed by atoms with E-state index in [2.05, 4.69) is 0 Å². The fourth-order valence-electron chi connectivity index (χ4n) is 0.731. The van der Waals surface area contributed by atoms with Crippen molar-refractivity contribution in [1.29, 1.82) is 0 Å². The van der Waals surface area contributed by atoms with Crippen LogP contribution >= 0.6 is 7.82 Å². The van der Waals surface area contributed by atoms with Crippen molar-refractivity contribution in [3.63, 3.8) is 0 Å². The lowest BCUT2D eigenvalue weighted by Crippen LogP contribution is -2.39. The maximum atomic E-state index is 9.86. The summed E-state index contributed by atoms with van der Waals surface area (Å²) in [6.07, 6.45) is -0.738. The lowest BCUT2D eigenvalue weighted by atomic mass is 10.2. The Morgan fingerprint density at radius 1 is 0.793 bits per heavy atom. The lowest BCUT2D eigenvalue weighted by molar-refractivity contribution is -0.141. The first-order valence-corrected chi connectivity index (χ1v) is 9.11. The molecule has 29 heavy (non-hydrogen) atoms. The van der Waals surface area contributed by atoms with Gasteiger partial charge in [-0.05, 0) is 19.8 Å². The smallest absolute Gasteiger partial charge is 0.466 e. The highest BCUT2D eigenvalue weighted by Crippen LogP contribution is 2.25. The van der Waals surface area contributed by atoms with Crippen LogP contribution in [0.25, 0.3) is 0 Å². The Labute approximate surface area is 165 Å². The zero-order valence-corrected chi connectivity index (χ0v) is 16.4. The van der Waals surface area contributed by atoms with Crippen molar-refractivity contribution >= 4 is 25.7 Å². The average molecular weight is 455 g/mol. The molecule has 0 spiro atoms. The van der Waals surface area contributed by atoms with Crippen LogP contribution in [-0.2, 0) is 18.9 Å². The molecule has 0 aromatic carbocycles. The third-order valence-corrected chi connectivity index (χ3v) is 2.32. The van der Waals surface area contributed by atoms with Crippen LogP contribution in [0.2, 0.25) is 0 Å². The van der Waals surface area contributed by atoms with Gasteiger partial charge in [0.15, 0.2) is 0 Å². The summed E-state index contributed by atoms with van der Waals surface area (Å²) in [7, 11) is -4.64. The highest BCUT2D eigenvalue weighted by molar-refractivity contribution is 7.45. The third-order valence-electron chi connectivity index (χ3n) is 2.32. The van der Waals surface area contributed by atoms with Crippen LogP contribution < -0.4 is 17.2 Å². The number of carboxylic acids is 3. The second-order valence-electron chi connectivity index (χ2n) is 5.03. The van der Waals surface area contributed by atoms with E-state index in [-0.39, 0.29) is 26.1 Å². The van der Waals surface area contributed by atoms with E-state index in [1.807, 2.05) is 0 Å². The Hall–Kier alpha value is -1.72. The number of nitrogens with two attached hydrogens (primary N) is 3. The predicted octanol–water partition coefficient (Wildman–Crippen LogP) is -4.59. The number of aliphatic carboxylic acids is 3. The van der Waals surface area contributed by atoms with Crippen LogP contribution in [0.4, 0.5) is 0 Å². The predicted molar refractivity (Wildman–Crippen MR) is 96.2 cm³/mol. The van der Waals surface area contributed by atoms with Crippen molar-refractivity contribution in [2.24, 2.45) is 17.2 Å². The first-order chi connectivity index (χ1) is 12.9. The maximum Gasteiger partial charge on any atom is 0.466 e. The molecular weight excluding hydrogens is 425 g/mol. The molecule has 0 saturated heterocycles. The van der Waals surface area contributed by atoms with Gasteiger partial charge in [0.05, 0.1) is 6.10 Å². The van der Waals surface area contributed by atoms with Crippen LogP contribution in [0.15, 0.2) is 0 Å². The van der Waals surface area contributed by atoms with Crippen LogP contribution in [0.5, 0.6) is 0 Å². The van der Waals surface area contributed by atoms with Gasteiger partial charge < -0.3 is 62.5 Å². The molecule has 16 nitrogen and oxygen atoms in total. The molecule has 0 fully saturated rings. The Morgan fingerprint density at radius 2 is 1.03 bits per heavy atom. The summed E-state index contributed by atoms with van der Waals surface area (Å²) in [4.78, 5) is 51.1. The highest BCUT2D eigenvalue weighted by atomic mass is 31.2. The van der Waals surface area contributed by atoms with Gasteiger partial charge in [-0.1, -0.05) is 0 Å². The molecule has 0 saturated carbocycles. The summed E-state index contributed by atoms with van der Waals surface area (Å²) in [5, 5.41) is 49.0. The van der Waals surface area contributed by atoms with Crippen LogP contribution in [0, 0.1) is 0 Å². The topological polar surface area (TPSA) is 328 Å². The van der Waals surface area contributed by atoms with E-state index < -0.39 is 50.0 Å². The zero-order chi connectivity index (χ0) is 24.4.